The molecule has 0 aliphatic carbocycles. The van der Waals surface area contributed by atoms with Crippen LogP contribution in [0.3, 0.4) is 0 Å². The predicted octanol–water partition coefficient (Wildman–Crippen LogP) is 2.37. The van der Waals surface area contributed by atoms with Crippen molar-refractivity contribution in [2.75, 3.05) is 0 Å². The molecule has 0 radical (unpaired) electrons. The summed E-state index contributed by atoms with van der Waals surface area (Å²) in [6, 6.07) is 19.2. The largest absolute Gasteiger partial charge is 0.550 e. The van der Waals surface area contributed by atoms with Crippen molar-refractivity contribution in [3.8, 4) is 0 Å². The maximum Gasteiger partial charge on any atom is 0.0458 e. The SMILES string of the molecule is O=C([O-])C/C(=C\c1ccccc1)c1ccccc1. The maximum absolute atomic E-state index is 10.8. The van der Waals surface area contributed by atoms with Crippen LogP contribution < -0.4 is 5.11 Å². The number of carboxylic acid groups (broad SMARTS) is 1. The summed E-state index contributed by atoms with van der Waals surface area (Å²) in [5.41, 5.74) is 2.64. The molecular formula is C16H13O2-. The lowest BCUT2D eigenvalue weighted by molar-refractivity contribution is -0.304. The van der Waals surface area contributed by atoms with Crippen molar-refractivity contribution in [1.82, 2.24) is 0 Å². The van der Waals surface area contributed by atoms with Crippen LogP contribution in [0.15, 0.2) is 60.7 Å². The van der Waals surface area contributed by atoms with Crippen LogP contribution in [0, 0.1) is 0 Å². The monoisotopic (exact) mass is 237 g/mol. The van der Waals surface area contributed by atoms with Gasteiger partial charge >= 0.3 is 0 Å². The van der Waals surface area contributed by atoms with E-state index in [9.17, 15) is 9.90 Å². The summed E-state index contributed by atoms with van der Waals surface area (Å²) in [5.74, 6) is -1.07. The van der Waals surface area contributed by atoms with Gasteiger partial charge in [-0.3, -0.25) is 0 Å². The molecule has 2 nitrogen and oxygen atoms in total. The van der Waals surface area contributed by atoms with Gasteiger partial charge in [0.25, 0.3) is 0 Å². The fraction of sp³-hybridized carbons (Fsp3) is 0.0625. The highest BCUT2D eigenvalue weighted by Crippen LogP contribution is 2.21. The summed E-state index contributed by atoms with van der Waals surface area (Å²) in [7, 11) is 0. The Balaban J connectivity index is 2.37. The van der Waals surface area contributed by atoms with Crippen LogP contribution in [0.2, 0.25) is 0 Å². The molecule has 0 heterocycles. The maximum atomic E-state index is 10.8. The summed E-state index contributed by atoms with van der Waals surface area (Å²) in [4.78, 5) is 10.8. The van der Waals surface area contributed by atoms with E-state index >= 15 is 0 Å². The zero-order valence-corrected chi connectivity index (χ0v) is 9.87. The van der Waals surface area contributed by atoms with Gasteiger partial charge < -0.3 is 9.90 Å². The Morgan fingerprint density at radius 2 is 1.50 bits per heavy atom. The molecule has 0 bridgehead atoms. The van der Waals surface area contributed by atoms with Gasteiger partial charge in [-0.2, -0.15) is 0 Å². The molecule has 0 aromatic heterocycles. The van der Waals surface area contributed by atoms with Gasteiger partial charge in [0, 0.05) is 12.4 Å². The topological polar surface area (TPSA) is 40.1 Å². The average Bonchev–Trinajstić information content (AvgIpc) is 2.40. The molecule has 0 atom stereocenters. The van der Waals surface area contributed by atoms with E-state index in [2.05, 4.69) is 0 Å². The molecule has 90 valence electrons. The first-order valence-corrected chi connectivity index (χ1v) is 5.76. The number of carboxylic acids is 1. The number of rotatable bonds is 4. The number of carbonyl (C=O) groups is 1. The fourth-order valence-corrected chi connectivity index (χ4v) is 1.79. The summed E-state index contributed by atoms with van der Waals surface area (Å²) in [6.07, 6.45) is 1.80. The van der Waals surface area contributed by atoms with E-state index in [1.807, 2.05) is 66.7 Å². The van der Waals surface area contributed by atoms with E-state index < -0.39 is 5.97 Å². The van der Waals surface area contributed by atoms with E-state index in [-0.39, 0.29) is 6.42 Å². The molecule has 0 unspecified atom stereocenters. The third-order valence-electron chi connectivity index (χ3n) is 2.62. The smallest absolute Gasteiger partial charge is 0.0458 e. The molecule has 2 aromatic carbocycles. The molecule has 2 heteroatoms. The van der Waals surface area contributed by atoms with E-state index in [0.29, 0.717) is 0 Å². The second kappa shape index (κ2) is 5.82. The van der Waals surface area contributed by atoms with Crippen molar-refractivity contribution in [3.05, 3.63) is 71.8 Å². The zero-order valence-electron chi connectivity index (χ0n) is 9.87. The Morgan fingerprint density at radius 3 is 2.06 bits per heavy atom. The molecule has 0 N–H and O–H groups in total. The average molecular weight is 237 g/mol. The Labute approximate surface area is 106 Å². The molecule has 2 rings (SSSR count). The van der Waals surface area contributed by atoms with Gasteiger partial charge in [0.05, 0.1) is 0 Å². The van der Waals surface area contributed by atoms with Gasteiger partial charge in [0.15, 0.2) is 0 Å². The van der Waals surface area contributed by atoms with Gasteiger partial charge in [-0.1, -0.05) is 66.7 Å². The van der Waals surface area contributed by atoms with Crippen LogP contribution in [0.25, 0.3) is 11.6 Å². The zero-order chi connectivity index (χ0) is 12.8. The second-order valence-electron chi connectivity index (χ2n) is 4.00. The number of aliphatic carboxylic acids is 1. The van der Waals surface area contributed by atoms with E-state index in [1.54, 1.807) is 0 Å². The van der Waals surface area contributed by atoms with Gasteiger partial charge in [0.2, 0.25) is 0 Å². The fourth-order valence-electron chi connectivity index (χ4n) is 1.79. The molecule has 2 aromatic rings. The van der Waals surface area contributed by atoms with Crippen molar-refractivity contribution in [1.29, 1.82) is 0 Å². The van der Waals surface area contributed by atoms with E-state index in [1.165, 1.54) is 0 Å². The van der Waals surface area contributed by atoms with Crippen LogP contribution in [0.4, 0.5) is 0 Å². The summed E-state index contributed by atoms with van der Waals surface area (Å²) in [6.45, 7) is 0. The Bertz CT molecular complexity index is 542. The highest BCUT2D eigenvalue weighted by atomic mass is 16.4. The van der Waals surface area contributed by atoms with Crippen LogP contribution in [0.5, 0.6) is 0 Å². The summed E-state index contributed by atoms with van der Waals surface area (Å²) < 4.78 is 0. The Morgan fingerprint density at radius 1 is 0.944 bits per heavy atom. The molecule has 18 heavy (non-hydrogen) atoms. The van der Waals surface area contributed by atoms with Crippen molar-refractivity contribution in [2.45, 2.75) is 6.42 Å². The third kappa shape index (κ3) is 3.32. The molecular weight excluding hydrogens is 224 g/mol. The second-order valence-corrected chi connectivity index (χ2v) is 4.00. The molecule has 0 aliphatic heterocycles. The van der Waals surface area contributed by atoms with Crippen molar-refractivity contribution in [3.63, 3.8) is 0 Å². The predicted molar refractivity (Wildman–Crippen MR) is 70.4 cm³/mol. The first-order valence-electron chi connectivity index (χ1n) is 5.76. The van der Waals surface area contributed by atoms with Gasteiger partial charge in [-0.05, 0) is 16.7 Å². The van der Waals surface area contributed by atoms with Crippen molar-refractivity contribution < 1.29 is 9.90 Å². The van der Waals surface area contributed by atoms with Crippen LogP contribution in [0.1, 0.15) is 17.5 Å². The lowest BCUT2D eigenvalue weighted by Crippen LogP contribution is -2.22. The van der Waals surface area contributed by atoms with E-state index in [0.717, 1.165) is 16.7 Å². The Kier molecular flexibility index (Phi) is 3.92. The highest BCUT2D eigenvalue weighted by molar-refractivity contribution is 5.90. The quantitative estimate of drug-likeness (QED) is 0.766. The van der Waals surface area contributed by atoms with Gasteiger partial charge in [0.1, 0.15) is 0 Å². The van der Waals surface area contributed by atoms with E-state index in [4.69, 9.17) is 0 Å². The highest BCUT2D eigenvalue weighted by Gasteiger charge is 2.02. The standard InChI is InChI=1S/C16H14O2/c17-16(18)12-15(14-9-5-2-6-10-14)11-13-7-3-1-4-8-13/h1-11H,12H2,(H,17,18)/p-1/b15-11+. The summed E-state index contributed by atoms with van der Waals surface area (Å²) in [5, 5.41) is 10.8. The lowest BCUT2D eigenvalue weighted by Gasteiger charge is -2.09. The number of benzene rings is 2. The lowest BCUT2D eigenvalue weighted by atomic mass is 10.00. The third-order valence-corrected chi connectivity index (χ3v) is 2.62. The molecule has 0 amide bonds. The molecule has 0 saturated heterocycles. The van der Waals surface area contributed by atoms with Crippen LogP contribution >= 0.6 is 0 Å². The number of hydrogen-bond acceptors (Lipinski definition) is 2. The first kappa shape index (κ1) is 12.1. The van der Waals surface area contributed by atoms with Gasteiger partial charge in [-0.15, -0.1) is 0 Å². The Hall–Kier alpha value is -2.35. The molecule has 0 spiro atoms. The van der Waals surface area contributed by atoms with Crippen LogP contribution in [-0.2, 0) is 4.79 Å². The molecule has 0 fully saturated rings. The molecule has 0 aliphatic rings. The minimum absolute atomic E-state index is 0.0844. The molecule has 0 saturated carbocycles. The normalized spacial score (nSPS) is 11.2. The summed E-state index contributed by atoms with van der Waals surface area (Å²) >= 11 is 0. The minimum Gasteiger partial charge on any atom is -0.550 e. The van der Waals surface area contributed by atoms with Crippen LogP contribution in [-0.4, -0.2) is 5.97 Å². The minimum atomic E-state index is -1.07. The van der Waals surface area contributed by atoms with Crippen molar-refractivity contribution in [2.24, 2.45) is 0 Å². The number of hydrogen-bond donors (Lipinski definition) is 0. The first-order chi connectivity index (χ1) is 8.75. The number of carbonyl (C=O) groups excluding carboxylic acids is 1. The van der Waals surface area contributed by atoms with Gasteiger partial charge in [-0.25, -0.2) is 0 Å². The van der Waals surface area contributed by atoms with Crippen molar-refractivity contribution >= 4 is 17.6 Å².